The molecule has 1 fully saturated rings. The van der Waals surface area contributed by atoms with Crippen molar-refractivity contribution in [2.75, 3.05) is 19.8 Å². The molecule has 1 saturated heterocycles. The summed E-state index contributed by atoms with van der Waals surface area (Å²) in [5.41, 5.74) is 0. The molecule has 0 N–H and O–H groups in total. The Kier molecular flexibility index (Phi) is 7.57. The van der Waals surface area contributed by atoms with Crippen LogP contribution in [0.4, 0.5) is 61.9 Å². The van der Waals surface area contributed by atoms with Crippen molar-refractivity contribution in [1.29, 1.82) is 0 Å². The van der Waals surface area contributed by atoms with E-state index in [4.69, 9.17) is 0 Å². The van der Waals surface area contributed by atoms with Gasteiger partial charge in [0.15, 0.2) is 6.10 Å². The molecule has 0 aromatic carbocycles. The van der Waals surface area contributed by atoms with E-state index in [0.29, 0.717) is 0 Å². The zero-order valence-corrected chi connectivity index (χ0v) is 14.0. The fourth-order valence-electron chi connectivity index (χ4n) is 1.52. The van der Waals surface area contributed by atoms with E-state index in [2.05, 4.69) is 18.9 Å². The lowest BCUT2D eigenvalue weighted by atomic mass is 10.4. The van der Waals surface area contributed by atoms with E-state index in [-0.39, 0.29) is 0 Å². The number of ether oxygens (including phenoxy) is 6. The molecule has 0 radical (unpaired) electrons. The van der Waals surface area contributed by atoms with E-state index in [1.165, 1.54) is 4.74 Å². The highest BCUT2D eigenvalue weighted by Crippen LogP contribution is 2.48. The highest BCUT2D eigenvalue weighted by Gasteiger charge is 2.74. The highest BCUT2D eigenvalue weighted by atomic mass is 19.4. The van der Waals surface area contributed by atoms with E-state index >= 15 is 0 Å². The summed E-state index contributed by atoms with van der Waals surface area (Å²) in [5.74, 6) is 0. The summed E-state index contributed by atoms with van der Waals surface area (Å²) in [6, 6.07) is 0. The van der Waals surface area contributed by atoms with Gasteiger partial charge < -0.3 is 14.2 Å². The molecule has 0 bridgehead atoms. The molecule has 20 heteroatoms. The Balaban J connectivity index is 2.78. The lowest BCUT2D eigenvalue weighted by Gasteiger charge is -2.33. The van der Waals surface area contributed by atoms with Gasteiger partial charge in [-0.1, -0.05) is 0 Å². The molecule has 0 spiro atoms. The van der Waals surface area contributed by atoms with Crippen molar-refractivity contribution in [1.82, 2.24) is 0 Å². The maximum atomic E-state index is 13.2. The third-order valence-electron chi connectivity index (χ3n) is 2.68. The minimum absolute atomic E-state index is 0.531. The van der Waals surface area contributed by atoms with Gasteiger partial charge in [0, 0.05) is 0 Å². The van der Waals surface area contributed by atoms with Crippen LogP contribution < -0.4 is 0 Å². The van der Waals surface area contributed by atoms with E-state index < -0.39 is 69.0 Å². The fraction of sp³-hybridized carbons (Fsp3) is 0.909. The van der Waals surface area contributed by atoms with Crippen LogP contribution in [0.25, 0.3) is 0 Å². The zero-order chi connectivity index (χ0) is 24.5. The van der Waals surface area contributed by atoms with Crippen LogP contribution in [0.15, 0.2) is 0 Å². The van der Waals surface area contributed by atoms with E-state index in [9.17, 15) is 61.9 Å². The molecule has 1 unspecified atom stereocenters. The van der Waals surface area contributed by atoms with Gasteiger partial charge in [-0.05, 0) is 0 Å². The van der Waals surface area contributed by atoms with Gasteiger partial charge in [0.25, 0.3) is 0 Å². The van der Waals surface area contributed by atoms with Gasteiger partial charge in [-0.15, -0.1) is 13.2 Å². The Morgan fingerprint density at radius 2 is 1.19 bits per heavy atom. The minimum Gasteiger partial charge on any atom is -0.430 e. The van der Waals surface area contributed by atoms with Gasteiger partial charge in [-0.25, -0.2) is 19.0 Å². The van der Waals surface area contributed by atoms with Crippen molar-refractivity contribution in [2.24, 2.45) is 0 Å². The quantitative estimate of drug-likeness (QED) is 0.314. The number of hydrogen-bond acceptors (Lipinski definition) is 7. The van der Waals surface area contributed by atoms with Gasteiger partial charge in [0.05, 0.1) is 6.61 Å². The number of rotatable bonds is 11. The first-order valence-corrected chi connectivity index (χ1v) is 7.07. The zero-order valence-electron chi connectivity index (χ0n) is 14.0. The molecule has 1 aliphatic rings. The lowest BCUT2D eigenvalue weighted by Crippen LogP contribution is -2.57. The minimum atomic E-state index is -7.11. The molecule has 0 aromatic heterocycles. The second-order valence-corrected chi connectivity index (χ2v) is 5.27. The molecular formula is C11H7F13O7. The Hall–Kier alpha value is -1.80. The Morgan fingerprint density at radius 1 is 0.742 bits per heavy atom. The molecule has 31 heavy (non-hydrogen) atoms. The van der Waals surface area contributed by atoms with Crippen molar-refractivity contribution < 1.29 is 90.3 Å². The summed E-state index contributed by atoms with van der Waals surface area (Å²) >= 11 is 0. The number of carbonyl (C=O) groups is 1. The number of cyclic esters (lactones) is 2. The van der Waals surface area contributed by atoms with Crippen LogP contribution in [0.2, 0.25) is 0 Å². The summed E-state index contributed by atoms with van der Waals surface area (Å²) in [7, 11) is 0. The standard InChI is InChI=1S/C11H7F13O7/c12-6(13,3-26-1-4-2-27-5(25)28-4)29-7(14,15)8(16,17)30-9(18,19)10(20,21)31-11(22,23)24/h4H,1-3H2. The number of halogens is 13. The summed E-state index contributed by atoms with van der Waals surface area (Å²) in [4.78, 5) is 10.5. The fourth-order valence-corrected chi connectivity index (χ4v) is 1.52. The number of hydrogen-bond donors (Lipinski definition) is 0. The van der Waals surface area contributed by atoms with Crippen molar-refractivity contribution in [2.45, 2.75) is 43.0 Å². The Morgan fingerprint density at radius 3 is 1.61 bits per heavy atom. The third-order valence-corrected chi connectivity index (χ3v) is 2.68. The third kappa shape index (κ3) is 7.68. The summed E-state index contributed by atoms with van der Waals surface area (Å²) < 4.78 is 183. The largest absolute Gasteiger partial charge is 0.527 e. The first kappa shape index (κ1) is 27.2. The maximum absolute atomic E-state index is 13.2. The molecule has 0 amide bonds. The van der Waals surface area contributed by atoms with Crippen LogP contribution in [-0.4, -0.2) is 69.0 Å². The summed E-state index contributed by atoms with van der Waals surface area (Å²) in [6.45, 7) is -3.80. The van der Waals surface area contributed by atoms with Crippen LogP contribution in [0, 0.1) is 0 Å². The molecule has 0 aliphatic carbocycles. The summed E-state index contributed by atoms with van der Waals surface area (Å²) in [5, 5.41) is 0. The average molecular weight is 498 g/mol. The molecule has 1 atom stereocenters. The predicted octanol–water partition coefficient (Wildman–Crippen LogP) is 4.07. The van der Waals surface area contributed by atoms with Crippen LogP contribution in [0.5, 0.6) is 0 Å². The van der Waals surface area contributed by atoms with Crippen LogP contribution in [0.1, 0.15) is 0 Å². The topological polar surface area (TPSA) is 72.5 Å². The van der Waals surface area contributed by atoms with E-state index in [0.717, 1.165) is 0 Å². The molecule has 1 heterocycles. The normalized spacial score (nSPS) is 19.4. The first-order valence-electron chi connectivity index (χ1n) is 7.07. The molecule has 0 aromatic rings. The number of alkyl halides is 13. The van der Waals surface area contributed by atoms with Gasteiger partial charge in [0.1, 0.15) is 13.2 Å². The highest BCUT2D eigenvalue weighted by molar-refractivity contribution is 5.61. The van der Waals surface area contributed by atoms with E-state index in [1.54, 1.807) is 4.74 Å². The first-order chi connectivity index (χ1) is 13.6. The van der Waals surface area contributed by atoms with Crippen molar-refractivity contribution in [3.05, 3.63) is 0 Å². The van der Waals surface area contributed by atoms with E-state index in [1.807, 2.05) is 0 Å². The average Bonchev–Trinajstić information content (AvgIpc) is 2.87. The van der Waals surface area contributed by atoms with Gasteiger partial charge in [0.2, 0.25) is 0 Å². The molecular weight excluding hydrogens is 491 g/mol. The van der Waals surface area contributed by atoms with Gasteiger partial charge in [-0.2, -0.15) is 43.9 Å². The Labute approximate surface area is 160 Å². The molecule has 1 aliphatic heterocycles. The molecule has 7 nitrogen and oxygen atoms in total. The van der Waals surface area contributed by atoms with Crippen LogP contribution in [0.3, 0.4) is 0 Å². The van der Waals surface area contributed by atoms with Crippen molar-refractivity contribution in [3.63, 3.8) is 0 Å². The lowest BCUT2D eigenvalue weighted by molar-refractivity contribution is -0.564. The molecule has 1 rings (SSSR count). The SMILES string of the molecule is O=C1OCC(COCC(F)(F)OC(F)(F)C(F)(F)OC(F)(F)C(F)(F)OC(F)(F)F)O1. The molecule has 0 saturated carbocycles. The smallest absolute Gasteiger partial charge is 0.430 e. The second kappa shape index (κ2) is 8.62. The van der Waals surface area contributed by atoms with Crippen LogP contribution in [-0.2, 0) is 28.4 Å². The van der Waals surface area contributed by atoms with Crippen LogP contribution >= 0.6 is 0 Å². The number of carbonyl (C=O) groups excluding carboxylic acids is 1. The van der Waals surface area contributed by atoms with Crippen molar-refractivity contribution in [3.8, 4) is 0 Å². The summed E-state index contributed by atoms with van der Waals surface area (Å²) in [6.07, 6.45) is -42.6. The predicted molar refractivity (Wildman–Crippen MR) is 61.1 cm³/mol. The molecule has 184 valence electrons. The maximum Gasteiger partial charge on any atom is 0.527 e. The Bertz CT molecular complexity index is 636. The van der Waals surface area contributed by atoms with Gasteiger partial charge >= 0.3 is 43.1 Å². The second-order valence-electron chi connectivity index (χ2n) is 5.27. The van der Waals surface area contributed by atoms with Crippen molar-refractivity contribution >= 4 is 6.16 Å². The monoisotopic (exact) mass is 498 g/mol. The van der Waals surface area contributed by atoms with Gasteiger partial charge in [-0.3, -0.25) is 0 Å².